The summed E-state index contributed by atoms with van der Waals surface area (Å²) in [6.07, 6.45) is 1.21. The molecule has 1 fully saturated rings. The molecule has 0 unspecified atom stereocenters. The minimum Gasteiger partial charge on any atom is -0.438 e. The zero-order valence-electron chi connectivity index (χ0n) is 19.5. The van der Waals surface area contributed by atoms with Gasteiger partial charge >= 0.3 is 0 Å². The average molecular weight is 469 g/mol. The normalized spacial score (nSPS) is 21.7. The van der Waals surface area contributed by atoms with E-state index in [0.29, 0.717) is 17.5 Å². The molecule has 1 aromatic carbocycles. The highest BCUT2D eigenvalue weighted by Crippen LogP contribution is 2.41. The summed E-state index contributed by atoms with van der Waals surface area (Å²) in [6.45, 7) is 9.54. The van der Waals surface area contributed by atoms with Crippen molar-refractivity contribution in [1.29, 1.82) is 0 Å². The highest BCUT2D eigenvalue weighted by Gasteiger charge is 2.47. The van der Waals surface area contributed by atoms with Crippen molar-refractivity contribution in [1.82, 2.24) is 25.1 Å². The summed E-state index contributed by atoms with van der Waals surface area (Å²) in [5.74, 6) is -0.896. The Morgan fingerprint density at radius 3 is 2.76 bits per heavy atom. The van der Waals surface area contributed by atoms with Crippen molar-refractivity contribution in [3.8, 4) is 17.0 Å². The first-order valence-corrected chi connectivity index (χ1v) is 11.0. The first-order chi connectivity index (χ1) is 16.0. The van der Waals surface area contributed by atoms with Crippen molar-refractivity contribution in [2.75, 3.05) is 0 Å². The monoisotopic (exact) mass is 469 g/mol. The van der Waals surface area contributed by atoms with Crippen LogP contribution in [0.4, 0.5) is 8.78 Å². The number of alkyl halides is 1. The fourth-order valence-electron chi connectivity index (χ4n) is 5.17. The minimum absolute atomic E-state index is 0.108. The molecule has 0 aliphatic carbocycles. The van der Waals surface area contributed by atoms with Gasteiger partial charge < -0.3 is 19.0 Å². The molecule has 34 heavy (non-hydrogen) atoms. The number of carbonyl (C=O) groups is 1. The summed E-state index contributed by atoms with van der Waals surface area (Å²) in [4.78, 5) is 15.2. The standard InChI is InChI=1S/C24H25F2N5O3/c1-12-27-16-9-14(19(33-11-32)18(25)20(16)34-12)15-8-13-6-7-31(22(13)29-28-15)17-10-23(2,3)30-24(4,5)21(17)26/h6-9,11,17,21,30H,10H2,1-5H3/t17-,21-/m0/s1. The third-order valence-electron chi connectivity index (χ3n) is 6.35. The summed E-state index contributed by atoms with van der Waals surface area (Å²) in [5.41, 5.74) is 0.170. The highest BCUT2D eigenvalue weighted by atomic mass is 19.1. The lowest BCUT2D eigenvalue weighted by atomic mass is 9.78. The molecule has 5 rings (SSSR count). The Balaban J connectivity index is 1.62. The van der Waals surface area contributed by atoms with Gasteiger partial charge in [0, 0.05) is 29.6 Å². The number of aromatic nitrogens is 4. The van der Waals surface area contributed by atoms with Crippen LogP contribution in [0, 0.1) is 12.7 Å². The molecular formula is C24H25F2N5O3. The van der Waals surface area contributed by atoms with Gasteiger partial charge in [0.05, 0.1) is 17.3 Å². The van der Waals surface area contributed by atoms with Crippen LogP contribution in [0.2, 0.25) is 0 Å². The van der Waals surface area contributed by atoms with E-state index in [4.69, 9.17) is 9.15 Å². The zero-order chi connectivity index (χ0) is 24.4. The average Bonchev–Trinajstić information content (AvgIpc) is 3.34. The number of fused-ring (bicyclic) bond motifs is 2. The van der Waals surface area contributed by atoms with Gasteiger partial charge in [-0.1, -0.05) is 0 Å². The van der Waals surface area contributed by atoms with E-state index in [1.807, 2.05) is 38.3 Å². The molecule has 4 heterocycles. The van der Waals surface area contributed by atoms with E-state index in [-0.39, 0.29) is 46.0 Å². The lowest BCUT2D eigenvalue weighted by Crippen LogP contribution is -2.64. The first kappa shape index (κ1) is 22.4. The molecule has 3 aromatic heterocycles. The van der Waals surface area contributed by atoms with Gasteiger partial charge in [0.25, 0.3) is 6.47 Å². The molecule has 0 spiro atoms. The molecule has 1 N–H and O–H groups in total. The smallest absolute Gasteiger partial charge is 0.298 e. The molecule has 0 radical (unpaired) electrons. The Labute approximate surface area is 194 Å². The quantitative estimate of drug-likeness (QED) is 0.435. The van der Waals surface area contributed by atoms with Gasteiger partial charge in [-0.25, -0.2) is 9.37 Å². The van der Waals surface area contributed by atoms with E-state index < -0.39 is 23.6 Å². The molecule has 178 valence electrons. The van der Waals surface area contributed by atoms with Gasteiger partial charge in [0.1, 0.15) is 11.7 Å². The molecule has 10 heteroatoms. The van der Waals surface area contributed by atoms with E-state index in [9.17, 15) is 4.79 Å². The SMILES string of the molecule is Cc1nc2cc(-c3cc4ccn([C@H]5CC(C)(C)NC(C)(C)[C@H]5F)c4nn3)c(OC=O)c(F)c2o1. The van der Waals surface area contributed by atoms with E-state index in [1.54, 1.807) is 19.2 Å². The van der Waals surface area contributed by atoms with Crippen LogP contribution in [0.1, 0.15) is 46.0 Å². The van der Waals surface area contributed by atoms with Gasteiger partial charge in [-0.15, -0.1) is 10.2 Å². The molecule has 1 saturated heterocycles. The Bertz CT molecular complexity index is 1430. The fourth-order valence-corrected chi connectivity index (χ4v) is 5.17. The fraction of sp³-hybridized carbons (Fsp3) is 0.417. The number of hydrogen-bond donors (Lipinski definition) is 1. The van der Waals surface area contributed by atoms with E-state index in [0.717, 1.165) is 0 Å². The predicted molar refractivity (Wildman–Crippen MR) is 122 cm³/mol. The number of rotatable bonds is 4. The summed E-state index contributed by atoms with van der Waals surface area (Å²) in [6, 6.07) is 4.62. The second kappa shape index (κ2) is 7.56. The maximum Gasteiger partial charge on any atom is 0.298 e. The largest absolute Gasteiger partial charge is 0.438 e. The maximum atomic E-state index is 15.5. The van der Waals surface area contributed by atoms with Crippen molar-refractivity contribution in [3.63, 3.8) is 0 Å². The van der Waals surface area contributed by atoms with Crippen LogP contribution in [-0.4, -0.2) is 43.5 Å². The lowest BCUT2D eigenvalue weighted by molar-refractivity contribution is -0.120. The molecule has 0 bridgehead atoms. The number of halogens is 2. The van der Waals surface area contributed by atoms with Crippen LogP contribution >= 0.6 is 0 Å². The number of oxazole rings is 1. The van der Waals surface area contributed by atoms with E-state index in [1.165, 1.54) is 6.07 Å². The summed E-state index contributed by atoms with van der Waals surface area (Å²) >= 11 is 0. The molecule has 1 aliphatic rings. The van der Waals surface area contributed by atoms with Gasteiger partial charge in [0.2, 0.25) is 5.82 Å². The molecule has 8 nitrogen and oxygen atoms in total. The van der Waals surface area contributed by atoms with Crippen molar-refractivity contribution in [3.05, 3.63) is 36.1 Å². The highest BCUT2D eigenvalue weighted by molar-refractivity contribution is 5.88. The zero-order valence-corrected chi connectivity index (χ0v) is 19.5. The topological polar surface area (TPSA) is 95.1 Å². The predicted octanol–water partition coefficient (Wildman–Crippen LogP) is 4.65. The number of benzene rings is 1. The number of nitrogens with one attached hydrogen (secondary N) is 1. The van der Waals surface area contributed by atoms with Crippen LogP contribution in [0.3, 0.4) is 0 Å². The van der Waals surface area contributed by atoms with Crippen molar-refractivity contribution in [2.24, 2.45) is 0 Å². The number of hydrogen-bond acceptors (Lipinski definition) is 7. The minimum atomic E-state index is -1.16. The number of ether oxygens (including phenoxy) is 1. The molecule has 0 amide bonds. The molecule has 4 aromatic rings. The van der Waals surface area contributed by atoms with E-state index >= 15 is 8.78 Å². The summed E-state index contributed by atoms with van der Waals surface area (Å²) in [7, 11) is 0. The van der Waals surface area contributed by atoms with Crippen molar-refractivity contribution in [2.45, 2.75) is 64.3 Å². The third-order valence-corrected chi connectivity index (χ3v) is 6.35. The molecule has 2 atom stereocenters. The second-order valence-corrected chi connectivity index (χ2v) is 10.00. The molecule has 0 saturated carbocycles. The molecular weight excluding hydrogens is 444 g/mol. The van der Waals surface area contributed by atoms with Gasteiger partial charge in [-0.05, 0) is 52.3 Å². The van der Waals surface area contributed by atoms with Crippen LogP contribution in [-0.2, 0) is 4.79 Å². The van der Waals surface area contributed by atoms with Crippen molar-refractivity contribution < 1.29 is 22.7 Å². The van der Waals surface area contributed by atoms with E-state index in [2.05, 4.69) is 20.5 Å². The Morgan fingerprint density at radius 1 is 1.26 bits per heavy atom. The Morgan fingerprint density at radius 2 is 2.03 bits per heavy atom. The number of carbonyl (C=O) groups excluding carboxylic acids is 1. The van der Waals surface area contributed by atoms with Crippen LogP contribution in [0.25, 0.3) is 33.4 Å². The van der Waals surface area contributed by atoms with Crippen LogP contribution in [0.5, 0.6) is 5.75 Å². The van der Waals surface area contributed by atoms with Crippen LogP contribution in [0.15, 0.2) is 28.8 Å². The molecule has 1 aliphatic heterocycles. The van der Waals surface area contributed by atoms with Gasteiger partial charge in [0.15, 0.2) is 22.9 Å². The maximum absolute atomic E-state index is 15.5. The third kappa shape index (κ3) is 3.53. The second-order valence-electron chi connectivity index (χ2n) is 10.00. The number of piperidine rings is 1. The number of nitrogens with zero attached hydrogens (tertiary/aromatic N) is 4. The van der Waals surface area contributed by atoms with Crippen LogP contribution < -0.4 is 10.1 Å². The van der Waals surface area contributed by atoms with Gasteiger partial charge in [-0.2, -0.15) is 4.39 Å². The number of aryl methyl sites for hydroxylation is 1. The summed E-state index contributed by atoms with van der Waals surface area (Å²) in [5, 5.41) is 12.7. The van der Waals surface area contributed by atoms with Crippen molar-refractivity contribution >= 4 is 28.6 Å². The summed E-state index contributed by atoms with van der Waals surface area (Å²) < 4.78 is 42.6. The van der Waals surface area contributed by atoms with Gasteiger partial charge in [-0.3, -0.25) is 4.79 Å². The first-order valence-electron chi connectivity index (χ1n) is 11.0. The Kier molecular flexibility index (Phi) is 4.98. The lowest BCUT2D eigenvalue weighted by Gasteiger charge is -2.49. The Hall–Kier alpha value is -3.40.